The van der Waals surface area contributed by atoms with Crippen LogP contribution in [0.4, 0.5) is 21.8 Å². The van der Waals surface area contributed by atoms with E-state index in [9.17, 15) is 4.39 Å². The maximum atomic E-state index is 13.2. The highest BCUT2D eigenvalue weighted by Crippen LogP contribution is 2.25. The zero-order chi connectivity index (χ0) is 20.1. The average Bonchev–Trinajstić information content (AvgIpc) is 2.79. The zero-order valence-electron chi connectivity index (χ0n) is 16.3. The lowest BCUT2D eigenvalue weighted by molar-refractivity contribution is 0.624. The number of hydrogen-bond donors (Lipinski definition) is 1. The fourth-order valence-electron chi connectivity index (χ4n) is 3.44. The molecule has 29 heavy (non-hydrogen) atoms. The van der Waals surface area contributed by atoms with Gasteiger partial charge in [0.05, 0.1) is 5.69 Å². The molecule has 5 nitrogen and oxygen atoms in total. The van der Waals surface area contributed by atoms with Gasteiger partial charge in [-0.25, -0.2) is 9.37 Å². The van der Waals surface area contributed by atoms with E-state index in [0.717, 1.165) is 48.9 Å². The van der Waals surface area contributed by atoms with Crippen molar-refractivity contribution in [3.63, 3.8) is 0 Å². The van der Waals surface area contributed by atoms with Crippen LogP contribution in [0.2, 0.25) is 0 Å². The van der Waals surface area contributed by atoms with Crippen molar-refractivity contribution in [2.45, 2.75) is 0 Å². The first-order valence-electron chi connectivity index (χ1n) is 9.77. The molecule has 3 aromatic rings. The van der Waals surface area contributed by atoms with E-state index < -0.39 is 0 Å². The third-order valence-corrected chi connectivity index (χ3v) is 4.98. The Bertz CT molecular complexity index is 951. The summed E-state index contributed by atoms with van der Waals surface area (Å²) >= 11 is 0. The second kappa shape index (κ2) is 8.73. The van der Waals surface area contributed by atoms with E-state index in [1.807, 2.05) is 36.4 Å². The minimum atomic E-state index is -0.207. The number of nitrogens with one attached hydrogen (secondary N) is 1. The molecule has 0 spiro atoms. The van der Waals surface area contributed by atoms with Gasteiger partial charge in [0.1, 0.15) is 11.6 Å². The van der Waals surface area contributed by atoms with Gasteiger partial charge < -0.3 is 15.1 Å². The highest BCUT2D eigenvalue weighted by Gasteiger charge is 2.20. The van der Waals surface area contributed by atoms with Gasteiger partial charge in [0.2, 0.25) is 5.95 Å². The van der Waals surface area contributed by atoms with Crippen molar-refractivity contribution in [2.75, 3.05) is 47.8 Å². The minimum absolute atomic E-state index is 0.207. The van der Waals surface area contributed by atoms with Crippen molar-refractivity contribution < 1.29 is 4.39 Å². The molecule has 0 unspecified atom stereocenters. The summed E-state index contributed by atoms with van der Waals surface area (Å²) in [6, 6.07) is 18.8. The Kier molecular flexibility index (Phi) is 5.70. The largest absolute Gasteiger partial charge is 0.368 e. The molecule has 1 aliphatic rings. The van der Waals surface area contributed by atoms with Crippen LogP contribution >= 0.6 is 0 Å². The standard InChI is InChI=1S/C23H24FN5/c1-2-12-25-23-26-21(18-6-4-3-5-7-18)17-22(27-23)29-15-13-28(14-16-29)20-10-8-19(24)9-11-20/h2-11,17H,1,12-16H2,(H,25,26,27). The van der Waals surface area contributed by atoms with Crippen LogP contribution in [-0.4, -0.2) is 42.7 Å². The summed E-state index contributed by atoms with van der Waals surface area (Å²) in [5.74, 6) is 1.30. The molecule has 2 aromatic carbocycles. The number of piperazine rings is 1. The van der Waals surface area contributed by atoms with Crippen LogP contribution in [0.15, 0.2) is 73.3 Å². The molecule has 0 amide bonds. The highest BCUT2D eigenvalue weighted by molar-refractivity contribution is 5.65. The highest BCUT2D eigenvalue weighted by atomic mass is 19.1. The van der Waals surface area contributed by atoms with Gasteiger partial charge in [0.25, 0.3) is 0 Å². The van der Waals surface area contributed by atoms with Gasteiger partial charge in [-0.2, -0.15) is 4.98 Å². The fourth-order valence-corrected chi connectivity index (χ4v) is 3.44. The SMILES string of the molecule is C=CCNc1nc(-c2ccccc2)cc(N2CCN(c3ccc(F)cc3)CC2)n1. The summed E-state index contributed by atoms with van der Waals surface area (Å²) in [7, 11) is 0. The number of hydrogen-bond acceptors (Lipinski definition) is 5. The molecular weight excluding hydrogens is 365 g/mol. The predicted molar refractivity (Wildman–Crippen MR) is 117 cm³/mol. The van der Waals surface area contributed by atoms with Crippen molar-refractivity contribution in [1.82, 2.24) is 9.97 Å². The predicted octanol–water partition coefficient (Wildman–Crippen LogP) is 4.21. The Morgan fingerprint density at radius 2 is 1.62 bits per heavy atom. The van der Waals surface area contributed by atoms with E-state index in [2.05, 4.69) is 38.8 Å². The number of nitrogens with zero attached hydrogens (tertiary/aromatic N) is 4. The fraction of sp³-hybridized carbons (Fsp3) is 0.217. The smallest absolute Gasteiger partial charge is 0.225 e. The number of rotatable bonds is 6. The van der Waals surface area contributed by atoms with E-state index in [-0.39, 0.29) is 5.82 Å². The lowest BCUT2D eigenvalue weighted by Crippen LogP contribution is -2.46. The molecule has 0 aliphatic carbocycles. The summed E-state index contributed by atoms with van der Waals surface area (Å²) in [5.41, 5.74) is 3.00. The number of anilines is 3. The average molecular weight is 389 g/mol. The van der Waals surface area contributed by atoms with Crippen molar-refractivity contribution >= 4 is 17.5 Å². The Labute approximate surface area is 170 Å². The molecule has 1 saturated heterocycles. The first-order chi connectivity index (χ1) is 14.2. The van der Waals surface area contributed by atoms with Crippen LogP contribution in [0.25, 0.3) is 11.3 Å². The molecule has 1 aliphatic heterocycles. The van der Waals surface area contributed by atoms with E-state index in [1.165, 1.54) is 12.1 Å². The van der Waals surface area contributed by atoms with Gasteiger partial charge in [-0.15, -0.1) is 6.58 Å². The normalized spacial score (nSPS) is 14.0. The lowest BCUT2D eigenvalue weighted by atomic mass is 10.1. The maximum absolute atomic E-state index is 13.2. The van der Waals surface area contributed by atoms with Gasteiger partial charge in [-0.05, 0) is 24.3 Å². The van der Waals surface area contributed by atoms with E-state index in [0.29, 0.717) is 12.5 Å². The van der Waals surface area contributed by atoms with Crippen molar-refractivity contribution in [3.8, 4) is 11.3 Å². The summed E-state index contributed by atoms with van der Waals surface area (Å²) in [5, 5.41) is 3.21. The second-order valence-corrected chi connectivity index (χ2v) is 6.92. The number of aromatic nitrogens is 2. The van der Waals surface area contributed by atoms with Crippen molar-refractivity contribution in [2.24, 2.45) is 0 Å². The summed E-state index contributed by atoms with van der Waals surface area (Å²) in [6.45, 7) is 7.74. The quantitative estimate of drug-likeness (QED) is 0.640. The van der Waals surface area contributed by atoms with Crippen LogP contribution in [0.5, 0.6) is 0 Å². The number of halogens is 1. The van der Waals surface area contributed by atoms with Gasteiger partial charge in [-0.1, -0.05) is 36.4 Å². The molecule has 4 rings (SSSR count). The molecule has 1 fully saturated rings. The Morgan fingerprint density at radius 1 is 0.931 bits per heavy atom. The molecule has 1 N–H and O–H groups in total. The minimum Gasteiger partial charge on any atom is -0.368 e. The molecule has 2 heterocycles. The zero-order valence-corrected chi connectivity index (χ0v) is 16.3. The molecule has 0 radical (unpaired) electrons. The van der Waals surface area contributed by atoms with Gasteiger partial charge >= 0.3 is 0 Å². The molecule has 0 saturated carbocycles. The van der Waals surface area contributed by atoms with E-state index in [4.69, 9.17) is 4.98 Å². The lowest BCUT2D eigenvalue weighted by Gasteiger charge is -2.37. The maximum Gasteiger partial charge on any atom is 0.225 e. The van der Waals surface area contributed by atoms with E-state index >= 15 is 0 Å². The topological polar surface area (TPSA) is 44.3 Å². The van der Waals surface area contributed by atoms with Crippen molar-refractivity contribution in [3.05, 3.63) is 79.1 Å². The van der Waals surface area contributed by atoms with Gasteiger partial charge in [0, 0.05) is 50.0 Å². The monoisotopic (exact) mass is 389 g/mol. The van der Waals surface area contributed by atoms with Crippen molar-refractivity contribution in [1.29, 1.82) is 0 Å². The molecule has 0 atom stereocenters. The Hall–Kier alpha value is -3.41. The summed E-state index contributed by atoms with van der Waals surface area (Å²) < 4.78 is 13.2. The third kappa shape index (κ3) is 4.54. The first-order valence-corrected chi connectivity index (χ1v) is 9.77. The molecule has 148 valence electrons. The van der Waals surface area contributed by atoms with Crippen LogP contribution in [0.1, 0.15) is 0 Å². The van der Waals surface area contributed by atoms with Crippen LogP contribution in [-0.2, 0) is 0 Å². The van der Waals surface area contributed by atoms with Crippen LogP contribution in [0, 0.1) is 5.82 Å². The number of benzene rings is 2. The van der Waals surface area contributed by atoms with Crippen LogP contribution in [0.3, 0.4) is 0 Å². The summed E-state index contributed by atoms with van der Waals surface area (Å²) in [6.07, 6.45) is 1.79. The molecule has 1 aromatic heterocycles. The summed E-state index contributed by atoms with van der Waals surface area (Å²) in [4.78, 5) is 13.9. The Balaban J connectivity index is 1.54. The Morgan fingerprint density at radius 3 is 2.31 bits per heavy atom. The second-order valence-electron chi connectivity index (χ2n) is 6.92. The molecule has 0 bridgehead atoms. The third-order valence-electron chi connectivity index (χ3n) is 4.98. The molecule has 6 heteroatoms. The van der Waals surface area contributed by atoms with Gasteiger partial charge in [-0.3, -0.25) is 0 Å². The van der Waals surface area contributed by atoms with E-state index in [1.54, 1.807) is 6.08 Å². The van der Waals surface area contributed by atoms with Gasteiger partial charge in [0.15, 0.2) is 0 Å². The van der Waals surface area contributed by atoms with Crippen LogP contribution < -0.4 is 15.1 Å². The first kappa shape index (κ1) is 18.9. The molecular formula is C23H24FN5.